The van der Waals surface area contributed by atoms with Crippen LogP contribution in [0.5, 0.6) is 0 Å². The van der Waals surface area contributed by atoms with Crippen molar-refractivity contribution in [2.24, 2.45) is 0 Å². The van der Waals surface area contributed by atoms with Crippen LogP contribution in [-0.2, 0) is 6.54 Å². The van der Waals surface area contributed by atoms with Crippen molar-refractivity contribution in [2.75, 3.05) is 0 Å². The van der Waals surface area contributed by atoms with Crippen LogP contribution in [0.15, 0.2) is 30.9 Å². The van der Waals surface area contributed by atoms with E-state index in [1.807, 2.05) is 12.1 Å². The molecule has 0 saturated heterocycles. The van der Waals surface area contributed by atoms with Crippen molar-refractivity contribution in [1.82, 2.24) is 19.7 Å². The van der Waals surface area contributed by atoms with Crippen molar-refractivity contribution in [1.29, 1.82) is 0 Å². The summed E-state index contributed by atoms with van der Waals surface area (Å²) in [6, 6.07) is 3.86. The fraction of sp³-hybridized carbons (Fsp3) is 0.125. The first kappa shape index (κ1) is 8.19. The SMILES string of the molecule is Clc1nncn1Cc1cccnc1. The summed E-state index contributed by atoms with van der Waals surface area (Å²) in [5.41, 5.74) is 1.07. The molecule has 0 aliphatic heterocycles. The molecule has 66 valence electrons. The monoisotopic (exact) mass is 194 g/mol. The molecule has 0 N–H and O–H groups in total. The summed E-state index contributed by atoms with van der Waals surface area (Å²) in [7, 11) is 0. The first-order valence-corrected chi connectivity index (χ1v) is 4.16. The van der Waals surface area contributed by atoms with Crippen molar-refractivity contribution in [3.63, 3.8) is 0 Å². The van der Waals surface area contributed by atoms with E-state index >= 15 is 0 Å². The molecule has 0 aliphatic rings. The topological polar surface area (TPSA) is 43.6 Å². The van der Waals surface area contributed by atoms with Gasteiger partial charge < -0.3 is 0 Å². The van der Waals surface area contributed by atoms with E-state index in [0.717, 1.165) is 5.56 Å². The van der Waals surface area contributed by atoms with E-state index in [1.54, 1.807) is 23.3 Å². The molecule has 0 saturated carbocycles. The molecule has 0 bridgehead atoms. The first-order chi connectivity index (χ1) is 6.36. The second kappa shape index (κ2) is 3.53. The van der Waals surface area contributed by atoms with Crippen LogP contribution in [0.4, 0.5) is 0 Å². The summed E-state index contributed by atoms with van der Waals surface area (Å²) in [6.07, 6.45) is 5.11. The van der Waals surface area contributed by atoms with Crippen LogP contribution in [0.1, 0.15) is 5.56 Å². The number of aromatic nitrogens is 4. The second-order valence-electron chi connectivity index (χ2n) is 2.59. The molecule has 0 fully saturated rings. The second-order valence-corrected chi connectivity index (χ2v) is 2.93. The molecule has 0 aliphatic carbocycles. The maximum atomic E-state index is 5.76. The zero-order valence-corrected chi connectivity index (χ0v) is 7.52. The lowest BCUT2D eigenvalue weighted by Gasteiger charge is -2.00. The average Bonchev–Trinajstić information content (AvgIpc) is 2.54. The Morgan fingerprint density at radius 2 is 2.38 bits per heavy atom. The van der Waals surface area contributed by atoms with E-state index < -0.39 is 0 Å². The highest BCUT2D eigenvalue weighted by Crippen LogP contribution is 2.06. The molecule has 5 heteroatoms. The van der Waals surface area contributed by atoms with Crippen LogP contribution in [-0.4, -0.2) is 19.7 Å². The van der Waals surface area contributed by atoms with E-state index in [4.69, 9.17) is 11.6 Å². The Kier molecular flexibility index (Phi) is 2.23. The van der Waals surface area contributed by atoms with E-state index in [0.29, 0.717) is 11.8 Å². The number of nitrogens with zero attached hydrogens (tertiary/aromatic N) is 4. The van der Waals surface area contributed by atoms with Gasteiger partial charge in [0, 0.05) is 12.4 Å². The van der Waals surface area contributed by atoms with Crippen LogP contribution in [0.25, 0.3) is 0 Å². The van der Waals surface area contributed by atoms with E-state index in [1.165, 1.54) is 0 Å². The molecule has 0 spiro atoms. The van der Waals surface area contributed by atoms with Gasteiger partial charge in [-0.05, 0) is 23.2 Å². The fourth-order valence-corrected chi connectivity index (χ4v) is 1.18. The van der Waals surface area contributed by atoms with Crippen LogP contribution >= 0.6 is 11.6 Å². The Labute approximate surface area is 80.2 Å². The summed E-state index contributed by atoms with van der Waals surface area (Å²) in [4.78, 5) is 4.00. The maximum Gasteiger partial charge on any atom is 0.225 e. The molecule has 2 rings (SSSR count). The van der Waals surface area contributed by atoms with E-state index in [-0.39, 0.29) is 0 Å². The summed E-state index contributed by atoms with van der Waals surface area (Å²) < 4.78 is 1.75. The van der Waals surface area contributed by atoms with Gasteiger partial charge in [0.15, 0.2) is 0 Å². The van der Waals surface area contributed by atoms with Gasteiger partial charge in [-0.25, -0.2) is 0 Å². The quantitative estimate of drug-likeness (QED) is 0.726. The number of halogens is 1. The molecule has 0 radical (unpaired) electrons. The van der Waals surface area contributed by atoms with Crippen LogP contribution in [0.3, 0.4) is 0 Å². The minimum Gasteiger partial charge on any atom is -0.300 e. The van der Waals surface area contributed by atoms with Gasteiger partial charge in [0.25, 0.3) is 0 Å². The third-order valence-electron chi connectivity index (χ3n) is 1.64. The Bertz CT molecular complexity index is 384. The van der Waals surface area contributed by atoms with Gasteiger partial charge in [-0.15, -0.1) is 10.2 Å². The highest BCUT2D eigenvalue weighted by atomic mass is 35.5. The number of hydrogen-bond acceptors (Lipinski definition) is 3. The minimum absolute atomic E-state index is 0.392. The molecule has 0 unspecified atom stereocenters. The first-order valence-electron chi connectivity index (χ1n) is 3.78. The number of pyridine rings is 1. The van der Waals surface area contributed by atoms with E-state index in [9.17, 15) is 0 Å². The lowest BCUT2D eigenvalue weighted by atomic mass is 10.3. The van der Waals surface area contributed by atoms with Gasteiger partial charge in [-0.3, -0.25) is 9.55 Å². The lowest BCUT2D eigenvalue weighted by molar-refractivity contribution is 0.791. The predicted octanol–water partition coefficient (Wildman–Crippen LogP) is 1.37. The summed E-state index contributed by atoms with van der Waals surface area (Å²) in [5, 5.41) is 7.74. The number of rotatable bonds is 2. The average molecular weight is 195 g/mol. The zero-order chi connectivity index (χ0) is 9.10. The van der Waals surface area contributed by atoms with Gasteiger partial charge in [0.05, 0.1) is 6.54 Å². The summed E-state index contributed by atoms with van der Waals surface area (Å²) in [5.74, 6) is 0. The van der Waals surface area contributed by atoms with Crippen LogP contribution < -0.4 is 0 Å². The molecule has 4 nitrogen and oxygen atoms in total. The van der Waals surface area contributed by atoms with Gasteiger partial charge >= 0.3 is 0 Å². The minimum atomic E-state index is 0.392. The molecule has 0 atom stereocenters. The molecular formula is C8H7ClN4. The highest BCUT2D eigenvalue weighted by Gasteiger charge is 2.00. The molecule has 2 heterocycles. The number of hydrogen-bond donors (Lipinski definition) is 0. The third-order valence-corrected chi connectivity index (χ3v) is 1.94. The van der Waals surface area contributed by atoms with Crippen molar-refractivity contribution in [2.45, 2.75) is 6.54 Å². The van der Waals surface area contributed by atoms with Crippen molar-refractivity contribution >= 4 is 11.6 Å². The van der Waals surface area contributed by atoms with Crippen LogP contribution in [0, 0.1) is 0 Å². The molecule has 13 heavy (non-hydrogen) atoms. The Hall–Kier alpha value is -1.42. The Morgan fingerprint density at radius 1 is 1.46 bits per heavy atom. The molecule has 2 aromatic rings. The Balaban J connectivity index is 2.20. The van der Waals surface area contributed by atoms with Crippen molar-refractivity contribution < 1.29 is 0 Å². The van der Waals surface area contributed by atoms with E-state index in [2.05, 4.69) is 15.2 Å². The van der Waals surface area contributed by atoms with Crippen molar-refractivity contribution in [3.8, 4) is 0 Å². The molecule has 0 aromatic carbocycles. The van der Waals surface area contributed by atoms with Gasteiger partial charge in [0.2, 0.25) is 5.28 Å². The lowest BCUT2D eigenvalue weighted by Crippen LogP contribution is -1.98. The van der Waals surface area contributed by atoms with Gasteiger partial charge in [0.1, 0.15) is 6.33 Å². The van der Waals surface area contributed by atoms with Crippen molar-refractivity contribution in [3.05, 3.63) is 41.7 Å². The summed E-state index contributed by atoms with van der Waals surface area (Å²) in [6.45, 7) is 0.652. The highest BCUT2D eigenvalue weighted by molar-refractivity contribution is 6.28. The predicted molar refractivity (Wildman–Crippen MR) is 48.4 cm³/mol. The summed E-state index contributed by atoms with van der Waals surface area (Å²) >= 11 is 5.76. The largest absolute Gasteiger partial charge is 0.300 e. The smallest absolute Gasteiger partial charge is 0.225 e. The standard InChI is InChI=1S/C8H7ClN4/c9-8-12-11-6-13(8)5-7-2-1-3-10-4-7/h1-4,6H,5H2. The zero-order valence-electron chi connectivity index (χ0n) is 6.76. The molecule has 2 aromatic heterocycles. The van der Waals surface area contributed by atoms with Gasteiger partial charge in [-0.1, -0.05) is 6.07 Å². The Morgan fingerprint density at radius 3 is 3.00 bits per heavy atom. The fourth-order valence-electron chi connectivity index (χ4n) is 1.04. The van der Waals surface area contributed by atoms with Gasteiger partial charge in [-0.2, -0.15) is 0 Å². The molecule has 0 amide bonds. The molecular weight excluding hydrogens is 188 g/mol. The third kappa shape index (κ3) is 1.84. The normalized spacial score (nSPS) is 10.2. The van der Waals surface area contributed by atoms with Crippen LogP contribution in [0.2, 0.25) is 5.28 Å². The maximum absolute atomic E-state index is 5.76.